The van der Waals surface area contributed by atoms with E-state index in [0.717, 1.165) is 61.9 Å². The van der Waals surface area contributed by atoms with Crippen LogP contribution in [-0.4, -0.2) is 60.8 Å². The summed E-state index contributed by atoms with van der Waals surface area (Å²) >= 11 is 1.71. The summed E-state index contributed by atoms with van der Waals surface area (Å²) in [6.07, 6.45) is 7.02. The molecule has 0 amide bonds. The van der Waals surface area contributed by atoms with Crippen molar-refractivity contribution >= 4 is 27.5 Å². The van der Waals surface area contributed by atoms with Crippen LogP contribution in [0.3, 0.4) is 0 Å². The summed E-state index contributed by atoms with van der Waals surface area (Å²) in [6, 6.07) is 10.5. The van der Waals surface area contributed by atoms with E-state index < -0.39 is 0 Å². The Hall–Kier alpha value is -2.02. The first-order valence-electron chi connectivity index (χ1n) is 11.2. The molecule has 0 atom stereocenters. The quantitative estimate of drug-likeness (QED) is 0.517. The summed E-state index contributed by atoms with van der Waals surface area (Å²) < 4.78 is 5.99. The summed E-state index contributed by atoms with van der Waals surface area (Å²) in [4.78, 5) is 15.5. The molecule has 0 unspecified atom stereocenters. The molecule has 6 heteroatoms. The van der Waals surface area contributed by atoms with Gasteiger partial charge >= 0.3 is 0 Å². The van der Waals surface area contributed by atoms with Crippen LogP contribution in [0.5, 0.6) is 0 Å². The van der Waals surface area contributed by atoms with Gasteiger partial charge < -0.3 is 14.5 Å². The molecule has 0 bridgehead atoms. The van der Waals surface area contributed by atoms with Gasteiger partial charge in [-0.2, -0.15) is 0 Å². The first-order valence-corrected chi connectivity index (χ1v) is 12.1. The molecule has 2 fully saturated rings. The molecule has 30 heavy (non-hydrogen) atoms. The first-order chi connectivity index (χ1) is 14.9. The third-order valence-electron chi connectivity index (χ3n) is 6.41. The minimum absolute atomic E-state index is 0.662. The number of rotatable bonds is 7. The van der Waals surface area contributed by atoms with E-state index in [1.165, 1.54) is 37.1 Å². The van der Waals surface area contributed by atoms with Crippen molar-refractivity contribution < 1.29 is 4.74 Å². The Morgan fingerprint density at radius 1 is 1.03 bits per heavy atom. The van der Waals surface area contributed by atoms with E-state index in [9.17, 15) is 0 Å². The van der Waals surface area contributed by atoms with Crippen LogP contribution in [0.1, 0.15) is 25.7 Å². The number of anilines is 1. The van der Waals surface area contributed by atoms with Crippen LogP contribution < -0.4 is 4.90 Å². The average Bonchev–Trinajstić information content (AvgIpc) is 3.47. The number of ether oxygens (including phenoxy) is 1. The number of benzene rings is 1. The molecule has 0 aliphatic carbocycles. The third-order valence-corrected chi connectivity index (χ3v) is 7.29. The SMILES string of the molecule is c1ccc(-c2csc3nc(N4CCC(COCCN5CCCC5)CC4)ncc23)cc1. The van der Waals surface area contributed by atoms with E-state index in [0.29, 0.717) is 5.92 Å². The van der Waals surface area contributed by atoms with E-state index >= 15 is 0 Å². The van der Waals surface area contributed by atoms with E-state index in [1.54, 1.807) is 11.3 Å². The van der Waals surface area contributed by atoms with E-state index in [2.05, 4.69) is 45.5 Å². The summed E-state index contributed by atoms with van der Waals surface area (Å²) in [7, 11) is 0. The standard InChI is InChI=1S/C24H30N4OS/c1-2-6-20(7-3-1)22-18-30-23-21(22)16-25-24(26-23)28-12-8-19(9-13-28)17-29-15-14-27-10-4-5-11-27/h1-3,6-7,16,18-19H,4-5,8-15,17H2. The van der Waals surface area contributed by atoms with Gasteiger partial charge in [-0.1, -0.05) is 30.3 Å². The molecule has 158 valence electrons. The average molecular weight is 423 g/mol. The maximum Gasteiger partial charge on any atom is 0.226 e. The van der Waals surface area contributed by atoms with Crippen LogP contribution in [-0.2, 0) is 4.74 Å². The topological polar surface area (TPSA) is 41.5 Å². The normalized spacial score (nSPS) is 18.5. The van der Waals surface area contributed by atoms with Crippen molar-refractivity contribution in [3.05, 3.63) is 41.9 Å². The fraction of sp³-hybridized carbons (Fsp3) is 0.500. The Morgan fingerprint density at radius 3 is 2.63 bits per heavy atom. The Bertz CT molecular complexity index is 946. The van der Waals surface area contributed by atoms with Crippen LogP contribution in [0, 0.1) is 5.92 Å². The summed E-state index contributed by atoms with van der Waals surface area (Å²) in [6.45, 7) is 7.41. The highest BCUT2D eigenvalue weighted by Gasteiger charge is 2.22. The highest BCUT2D eigenvalue weighted by atomic mass is 32.1. The molecular weight excluding hydrogens is 392 g/mol. The van der Waals surface area contributed by atoms with Gasteiger partial charge in [0.15, 0.2) is 0 Å². The van der Waals surface area contributed by atoms with E-state index in [-0.39, 0.29) is 0 Å². The van der Waals surface area contributed by atoms with Crippen molar-refractivity contribution in [3.63, 3.8) is 0 Å². The Balaban J connectivity index is 1.14. The lowest BCUT2D eigenvalue weighted by Gasteiger charge is -2.31. The van der Waals surface area contributed by atoms with Gasteiger partial charge in [-0.25, -0.2) is 9.97 Å². The zero-order valence-electron chi connectivity index (χ0n) is 17.5. The molecule has 3 aromatic rings. The second-order valence-corrected chi connectivity index (χ2v) is 9.32. The minimum Gasteiger partial charge on any atom is -0.380 e. The van der Waals surface area contributed by atoms with Gasteiger partial charge in [0.05, 0.1) is 6.61 Å². The number of nitrogens with zero attached hydrogens (tertiary/aromatic N) is 4. The summed E-state index contributed by atoms with van der Waals surface area (Å²) in [5.41, 5.74) is 2.46. The Labute approximate surface area is 182 Å². The van der Waals surface area contributed by atoms with Gasteiger partial charge in [0, 0.05) is 48.8 Å². The number of fused-ring (bicyclic) bond motifs is 1. The number of hydrogen-bond donors (Lipinski definition) is 0. The molecule has 2 aliphatic heterocycles. The van der Waals surface area contributed by atoms with Crippen LogP contribution in [0.25, 0.3) is 21.3 Å². The third kappa shape index (κ3) is 4.51. The van der Waals surface area contributed by atoms with Crippen molar-refractivity contribution in [1.82, 2.24) is 14.9 Å². The highest BCUT2D eigenvalue weighted by molar-refractivity contribution is 7.17. The Kier molecular flexibility index (Phi) is 6.25. The van der Waals surface area contributed by atoms with Crippen LogP contribution >= 0.6 is 11.3 Å². The summed E-state index contributed by atoms with van der Waals surface area (Å²) in [5.74, 6) is 1.53. The fourth-order valence-corrected chi connectivity index (χ4v) is 5.47. The number of piperidine rings is 1. The maximum atomic E-state index is 5.99. The smallest absolute Gasteiger partial charge is 0.226 e. The van der Waals surface area contributed by atoms with Crippen LogP contribution in [0.2, 0.25) is 0 Å². The van der Waals surface area contributed by atoms with Crippen molar-refractivity contribution in [3.8, 4) is 11.1 Å². The molecule has 0 spiro atoms. The van der Waals surface area contributed by atoms with Crippen molar-refractivity contribution in [2.24, 2.45) is 5.92 Å². The van der Waals surface area contributed by atoms with E-state index in [4.69, 9.17) is 14.7 Å². The minimum atomic E-state index is 0.662. The highest BCUT2D eigenvalue weighted by Crippen LogP contribution is 2.33. The largest absolute Gasteiger partial charge is 0.380 e. The molecule has 0 saturated carbocycles. The second-order valence-electron chi connectivity index (χ2n) is 8.46. The van der Waals surface area contributed by atoms with Gasteiger partial charge in [0.1, 0.15) is 4.83 Å². The van der Waals surface area contributed by atoms with E-state index in [1.807, 2.05) is 6.20 Å². The second kappa shape index (κ2) is 9.41. The Morgan fingerprint density at radius 2 is 1.83 bits per heavy atom. The van der Waals surface area contributed by atoms with Crippen molar-refractivity contribution in [1.29, 1.82) is 0 Å². The maximum absolute atomic E-state index is 5.99. The molecular formula is C24H30N4OS. The molecule has 2 saturated heterocycles. The number of aromatic nitrogens is 2. The molecule has 2 aliphatic rings. The van der Waals surface area contributed by atoms with Gasteiger partial charge in [-0.15, -0.1) is 11.3 Å². The van der Waals surface area contributed by atoms with Crippen LogP contribution in [0.4, 0.5) is 5.95 Å². The lowest BCUT2D eigenvalue weighted by molar-refractivity contribution is 0.0752. The molecule has 0 radical (unpaired) electrons. The van der Waals surface area contributed by atoms with Gasteiger partial charge in [0.2, 0.25) is 5.95 Å². The molecule has 5 nitrogen and oxygen atoms in total. The zero-order chi connectivity index (χ0) is 20.2. The monoisotopic (exact) mass is 422 g/mol. The molecule has 2 aromatic heterocycles. The predicted molar refractivity (Wildman–Crippen MR) is 124 cm³/mol. The fourth-order valence-electron chi connectivity index (χ4n) is 4.55. The molecule has 5 rings (SSSR count). The van der Waals surface area contributed by atoms with Gasteiger partial charge in [-0.05, 0) is 50.3 Å². The molecule has 1 aromatic carbocycles. The summed E-state index contributed by atoms with van der Waals surface area (Å²) in [5, 5.41) is 3.35. The lowest BCUT2D eigenvalue weighted by atomic mass is 9.98. The van der Waals surface area contributed by atoms with Gasteiger partial charge in [0.25, 0.3) is 0 Å². The number of hydrogen-bond acceptors (Lipinski definition) is 6. The lowest BCUT2D eigenvalue weighted by Crippen LogP contribution is -2.36. The van der Waals surface area contributed by atoms with Gasteiger partial charge in [-0.3, -0.25) is 0 Å². The predicted octanol–water partition coefficient (Wildman–Crippen LogP) is 4.69. The number of thiophene rings is 1. The van der Waals surface area contributed by atoms with Crippen LogP contribution in [0.15, 0.2) is 41.9 Å². The number of likely N-dealkylation sites (tertiary alicyclic amines) is 1. The first kappa shape index (κ1) is 19.9. The zero-order valence-corrected chi connectivity index (χ0v) is 18.3. The van der Waals surface area contributed by atoms with Crippen molar-refractivity contribution in [2.45, 2.75) is 25.7 Å². The van der Waals surface area contributed by atoms with Crippen molar-refractivity contribution in [2.75, 3.05) is 50.8 Å². The molecule has 0 N–H and O–H groups in total. The molecule has 4 heterocycles.